The standard InChI is InChI=1S/C28H32N2O5/c1-17-19(27(32)33)13-14-30(17)26(31)20-12-6-7-18(20)15-29-28(34)35-16-25-23-10-4-2-8-21(23)22-9-3-5-11-24(22)25/h2-5,8-11,17-20,25H,6-7,12-16H2,1H3,(H,29,34)(H,32,33)/t17?,18-,19?,20-/m1/s1. The lowest BCUT2D eigenvalue weighted by molar-refractivity contribution is -0.143. The average molecular weight is 477 g/mol. The van der Waals surface area contributed by atoms with E-state index >= 15 is 0 Å². The number of carbonyl (C=O) groups is 3. The molecule has 2 N–H and O–H groups in total. The number of carboxylic acid groups (broad SMARTS) is 1. The van der Waals surface area contributed by atoms with Crippen LogP contribution >= 0.6 is 0 Å². The van der Waals surface area contributed by atoms with E-state index in [1.54, 1.807) is 4.90 Å². The van der Waals surface area contributed by atoms with E-state index in [1.165, 1.54) is 22.3 Å². The molecule has 3 aliphatic rings. The largest absolute Gasteiger partial charge is 0.481 e. The molecule has 1 aliphatic heterocycles. The Bertz CT molecular complexity index is 1090. The lowest BCUT2D eigenvalue weighted by Crippen LogP contribution is -2.43. The summed E-state index contributed by atoms with van der Waals surface area (Å²) in [7, 11) is 0. The molecule has 2 unspecified atom stereocenters. The lowest BCUT2D eigenvalue weighted by atomic mass is 9.94. The number of carbonyl (C=O) groups excluding carboxylic acids is 2. The van der Waals surface area contributed by atoms with E-state index < -0.39 is 18.0 Å². The SMILES string of the molecule is CC1C(C(=O)O)CCN1C(=O)[C@@H]1CCC[C@@H]1CNC(=O)OCC1c2ccccc2-c2ccccc21. The molecule has 7 nitrogen and oxygen atoms in total. The van der Waals surface area contributed by atoms with Crippen LogP contribution in [0.15, 0.2) is 48.5 Å². The zero-order valence-electron chi connectivity index (χ0n) is 20.0. The topological polar surface area (TPSA) is 95.9 Å². The van der Waals surface area contributed by atoms with E-state index in [9.17, 15) is 19.5 Å². The molecule has 2 amide bonds. The fraction of sp³-hybridized carbons (Fsp3) is 0.464. The number of hydrogen-bond donors (Lipinski definition) is 2. The number of likely N-dealkylation sites (tertiary alicyclic amines) is 1. The first-order valence-corrected chi connectivity index (χ1v) is 12.6. The van der Waals surface area contributed by atoms with Crippen molar-refractivity contribution in [3.8, 4) is 11.1 Å². The predicted octanol–water partition coefficient (Wildman–Crippen LogP) is 4.26. The monoisotopic (exact) mass is 476 g/mol. The van der Waals surface area contributed by atoms with E-state index in [0.717, 1.165) is 19.3 Å². The Morgan fingerprint density at radius 1 is 0.971 bits per heavy atom. The highest BCUT2D eigenvalue weighted by Gasteiger charge is 2.43. The Morgan fingerprint density at radius 3 is 2.26 bits per heavy atom. The van der Waals surface area contributed by atoms with Gasteiger partial charge in [-0.15, -0.1) is 0 Å². The summed E-state index contributed by atoms with van der Waals surface area (Å²) < 4.78 is 5.64. The number of carboxylic acids is 1. The molecule has 1 saturated heterocycles. The molecule has 1 heterocycles. The zero-order chi connectivity index (χ0) is 24.5. The van der Waals surface area contributed by atoms with Crippen molar-refractivity contribution in [1.82, 2.24) is 10.2 Å². The highest BCUT2D eigenvalue weighted by Crippen LogP contribution is 2.44. The molecular formula is C28H32N2O5. The molecule has 2 aliphatic carbocycles. The zero-order valence-corrected chi connectivity index (χ0v) is 20.0. The number of amides is 2. The van der Waals surface area contributed by atoms with Gasteiger partial charge in [0.2, 0.25) is 5.91 Å². The van der Waals surface area contributed by atoms with Gasteiger partial charge in [-0.3, -0.25) is 9.59 Å². The number of fused-ring (bicyclic) bond motifs is 3. The number of hydrogen-bond acceptors (Lipinski definition) is 4. The maximum Gasteiger partial charge on any atom is 0.407 e. The number of nitrogens with zero attached hydrogens (tertiary/aromatic N) is 1. The van der Waals surface area contributed by atoms with Crippen LogP contribution in [0.5, 0.6) is 0 Å². The first-order chi connectivity index (χ1) is 17.0. The van der Waals surface area contributed by atoms with Gasteiger partial charge in [0.05, 0.1) is 5.92 Å². The van der Waals surface area contributed by atoms with Crippen LogP contribution in [-0.2, 0) is 14.3 Å². The van der Waals surface area contributed by atoms with Gasteiger partial charge in [0.15, 0.2) is 0 Å². The molecule has 2 aromatic carbocycles. The van der Waals surface area contributed by atoms with Crippen LogP contribution in [0.4, 0.5) is 4.79 Å². The minimum Gasteiger partial charge on any atom is -0.481 e. The minimum absolute atomic E-state index is 0.00721. The van der Waals surface area contributed by atoms with Crippen molar-refractivity contribution in [3.63, 3.8) is 0 Å². The fourth-order valence-electron chi connectivity index (χ4n) is 6.26. The Balaban J connectivity index is 1.16. The molecule has 0 aromatic heterocycles. The average Bonchev–Trinajstić information content (AvgIpc) is 3.57. The Morgan fingerprint density at radius 2 is 1.63 bits per heavy atom. The van der Waals surface area contributed by atoms with Crippen LogP contribution in [0, 0.1) is 17.8 Å². The van der Waals surface area contributed by atoms with E-state index in [-0.39, 0.29) is 36.3 Å². The van der Waals surface area contributed by atoms with Gasteiger partial charge in [-0.05, 0) is 54.4 Å². The summed E-state index contributed by atoms with van der Waals surface area (Å²) in [4.78, 5) is 39.0. The van der Waals surface area contributed by atoms with Gasteiger partial charge in [0, 0.05) is 31.0 Å². The van der Waals surface area contributed by atoms with Crippen LogP contribution in [-0.4, -0.2) is 53.7 Å². The summed E-state index contributed by atoms with van der Waals surface area (Å²) in [6, 6.07) is 16.1. The lowest BCUT2D eigenvalue weighted by Gasteiger charge is -2.29. The molecule has 0 radical (unpaired) electrons. The van der Waals surface area contributed by atoms with Crippen molar-refractivity contribution < 1.29 is 24.2 Å². The number of alkyl carbamates (subject to hydrolysis) is 1. The molecule has 5 rings (SSSR count). The smallest absolute Gasteiger partial charge is 0.407 e. The van der Waals surface area contributed by atoms with Crippen molar-refractivity contribution in [2.24, 2.45) is 17.8 Å². The maximum absolute atomic E-state index is 13.2. The van der Waals surface area contributed by atoms with Gasteiger partial charge in [0.1, 0.15) is 6.61 Å². The van der Waals surface area contributed by atoms with E-state index in [2.05, 4.69) is 29.6 Å². The summed E-state index contributed by atoms with van der Waals surface area (Å²) in [6.07, 6.45) is 2.60. The van der Waals surface area contributed by atoms with Crippen LogP contribution in [0.3, 0.4) is 0 Å². The Labute approximate surface area is 205 Å². The molecule has 0 bridgehead atoms. The van der Waals surface area contributed by atoms with Gasteiger partial charge in [-0.2, -0.15) is 0 Å². The van der Waals surface area contributed by atoms with Gasteiger partial charge in [-0.25, -0.2) is 4.79 Å². The second-order valence-corrected chi connectivity index (χ2v) is 10.0. The number of ether oxygens (including phenoxy) is 1. The number of benzene rings is 2. The summed E-state index contributed by atoms with van der Waals surface area (Å²) in [5.41, 5.74) is 4.71. The quantitative estimate of drug-likeness (QED) is 0.649. The van der Waals surface area contributed by atoms with Crippen LogP contribution < -0.4 is 5.32 Å². The highest BCUT2D eigenvalue weighted by atomic mass is 16.5. The molecule has 35 heavy (non-hydrogen) atoms. The van der Waals surface area contributed by atoms with Crippen molar-refractivity contribution in [3.05, 3.63) is 59.7 Å². The fourth-order valence-corrected chi connectivity index (χ4v) is 6.26. The number of nitrogens with one attached hydrogen (secondary N) is 1. The van der Waals surface area contributed by atoms with Crippen LogP contribution in [0.25, 0.3) is 11.1 Å². The third-order valence-corrected chi connectivity index (χ3v) is 8.18. The summed E-state index contributed by atoms with van der Waals surface area (Å²) in [6.45, 7) is 2.95. The molecule has 2 fully saturated rings. The second-order valence-electron chi connectivity index (χ2n) is 10.0. The van der Waals surface area contributed by atoms with Crippen LogP contribution in [0.1, 0.15) is 49.7 Å². The molecular weight excluding hydrogens is 444 g/mol. The predicted molar refractivity (Wildman–Crippen MR) is 131 cm³/mol. The maximum atomic E-state index is 13.2. The van der Waals surface area contributed by atoms with Crippen LogP contribution in [0.2, 0.25) is 0 Å². The first-order valence-electron chi connectivity index (χ1n) is 12.6. The Kier molecular flexibility index (Phi) is 6.50. The molecule has 7 heteroatoms. The number of rotatable bonds is 6. The molecule has 1 saturated carbocycles. The highest BCUT2D eigenvalue weighted by molar-refractivity contribution is 5.82. The van der Waals surface area contributed by atoms with E-state index in [0.29, 0.717) is 19.5 Å². The Hall–Kier alpha value is -3.35. The van der Waals surface area contributed by atoms with Gasteiger partial charge >= 0.3 is 12.1 Å². The van der Waals surface area contributed by atoms with E-state index in [4.69, 9.17) is 4.74 Å². The second kappa shape index (κ2) is 9.72. The molecule has 0 spiro atoms. The molecule has 184 valence electrons. The van der Waals surface area contributed by atoms with Gasteiger partial charge in [-0.1, -0.05) is 55.0 Å². The van der Waals surface area contributed by atoms with E-state index in [1.807, 2.05) is 31.2 Å². The summed E-state index contributed by atoms with van der Waals surface area (Å²) in [5, 5.41) is 12.3. The first kappa shape index (κ1) is 23.4. The molecule has 4 atom stereocenters. The summed E-state index contributed by atoms with van der Waals surface area (Å²) >= 11 is 0. The van der Waals surface area contributed by atoms with Gasteiger partial charge in [0.25, 0.3) is 0 Å². The van der Waals surface area contributed by atoms with Crippen molar-refractivity contribution in [2.45, 2.75) is 44.6 Å². The third-order valence-electron chi connectivity index (χ3n) is 8.18. The number of aliphatic carboxylic acids is 1. The third kappa shape index (κ3) is 4.40. The van der Waals surface area contributed by atoms with Crippen molar-refractivity contribution in [2.75, 3.05) is 19.7 Å². The van der Waals surface area contributed by atoms with Gasteiger partial charge < -0.3 is 20.1 Å². The normalized spacial score (nSPS) is 25.2. The molecule has 2 aromatic rings. The van der Waals surface area contributed by atoms with Crippen molar-refractivity contribution in [1.29, 1.82) is 0 Å². The van der Waals surface area contributed by atoms with Crippen molar-refractivity contribution >= 4 is 18.0 Å². The summed E-state index contributed by atoms with van der Waals surface area (Å²) in [5.74, 6) is -1.45. The minimum atomic E-state index is -0.840.